The summed E-state index contributed by atoms with van der Waals surface area (Å²) in [6.07, 6.45) is 1.32. The van der Waals surface area contributed by atoms with Gasteiger partial charge in [0.05, 0.1) is 20.5 Å². The van der Waals surface area contributed by atoms with Gasteiger partial charge in [0.25, 0.3) is 5.91 Å². The van der Waals surface area contributed by atoms with Crippen molar-refractivity contribution in [1.82, 2.24) is 4.98 Å². The normalized spacial score (nSPS) is 10.4. The summed E-state index contributed by atoms with van der Waals surface area (Å²) in [7, 11) is 0. The number of ether oxygens (including phenoxy) is 1. The summed E-state index contributed by atoms with van der Waals surface area (Å²) in [6.45, 7) is -0.568. The number of anilines is 1. The monoisotopic (exact) mass is 434 g/mol. The molecule has 0 unspecified atom stereocenters. The molecule has 0 saturated carbocycles. The van der Waals surface area contributed by atoms with Gasteiger partial charge >= 0.3 is 5.97 Å². The van der Waals surface area contributed by atoms with Crippen molar-refractivity contribution in [2.24, 2.45) is 0 Å². The molecule has 2 aromatic heterocycles. The van der Waals surface area contributed by atoms with Crippen molar-refractivity contribution in [2.45, 2.75) is 0 Å². The van der Waals surface area contributed by atoms with Gasteiger partial charge in [0.2, 0.25) is 5.78 Å². The maximum absolute atomic E-state index is 12.6. The molecule has 3 rings (SSSR count). The Morgan fingerprint density at radius 2 is 1.82 bits per heavy atom. The maximum atomic E-state index is 12.6. The van der Waals surface area contributed by atoms with E-state index in [9.17, 15) is 14.4 Å². The minimum Gasteiger partial charge on any atom is -0.452 e. The van der Waals surface area contributed by atoms with Crippen molar-refractivity contribution in [2.75, 3.05) is 11.9 Å². The van der Waals surface area contributed by atoms with Gasteiger partial charge in [-0.3, -0.25) is 9.59 Å². The van der Waals surface area contributed by atoms with Gasteiger partial charge in [-0.2, -0.15) is 0 Å². The zero-order chi connectivity index (χ0) is 20.1. The number of amides is 1. The van der Waals surface area contributed by atoms with E-state index >= 15 is 0 Å². The topological polar surface area (TPSA) is 85.4 Å². The number of pyridine rings is 1. The van der Waals surface area contributed by atoms with Crippen LogP contribution in [0, 0.1) is 0 Å². The van der Waals surface area contributed by atoms with Gasteiger partial charge in [-0.1, -0.05) is 47.5 Å². The number of carbonyl (C=O) groups excluding carboxylic acids is 3. The van der Waals surface area contributed by atoms with E-state index in [2.05, 4.69) is 10.3 Å². The van der Waals surface area contributed by atoms with Crippen LogP contribution in [0.15, 0.2) is 54.0 Å². The van der Waals surface area contributed by atoms with Gasteiger partial charge in [0, 0.05) is 11.8 Å². The summed E-state index contributed by atoms with van der Waals surface area (Å²) in [5.74, 6) is -1.61. The van der Waals surface area contributed by atoms with E-state index in [1.54, 1.807) is 29.6 Å². The molecule has 0 bridgehead atoms. The van der Waals surface area contributed by atoms with Crippen molar-refractivity contribution >= 4 is 58.0 Å². The van der Waals surface area contributed by atoms with Gasteiger partial charge in [-0.05, 0) is 23.6 Å². The molecular formula is C19H12Cl2N2O4S. The quantitative estimate of drug-likeness (QED) is 0.456. The lowest BCUT2D eigenvalue weighted by Gasteiger charge is -2.09. The lowest BCUT2D eigenvalue weighted by atomic mass is 10.0. The molecule has 0 aliphatic carbocycles. The summed E-state index contributed by atoms with van der Waals surface area (Å²) in [6, 6.07) is 11.1. The highest BCUT2D eigenvalue weighted by molar-refractivity contribution is 7.12. The third-order valence-electron chi connectivity index (χ3n) is 3.54. The Bertz CT molecular complexity index is 1040. The number of benzene rings is 1. The molecule has 2 heterocycles. The SMILES string of the molecule is O=C(COC(=O)c1ccccc1C(=O)c1cccs1)Nc1ncc(Cl)cc1Cl. The molecule has 1 N–H and O–H groups in total. The van der Waals surface area contributed by atoms with Crippen LogP contribution in [0.1, 0.15) is 25.6 Å². The zero-order valence-corrected chi connectivity index (χ0v) is 16.5. The fourth-order valence-electron chi connectivity index (χ4n) is 2.28. The van der Waals surface area contributed by atoms with E-state index in [4.69, 9.17) is 27.9 Å². The number of thiophene rings is 1. The molecule has 142 valence electrons. The first-order valence-corrected chi connectivity index (χ1v) is 9.54. The van der Waals surface area contributed by atoms with Crippen molar-refractivity contribution < 1.29 is 19.1 Å². The molecule has 0 aliphatic rings. The zero-order valence-electron chi connectivity index (χ0n) is 14.1. The third kappa shape index (κ3) is 4.75. The summed E-state index contributed by atoms with van der Waals surface area (Å²) >= 11 is 12.9. The van der Waals surface area contributed by atoms with E-state index in [0.717, 1.165) is 0 Å². The van der Waals surface area contributed by atoms with E-state index < -0.39 is 18.5 Å². The first-order valence-electron chi connectivity index (χ1n) is 7.91. The predicted octanol–water partition coefficient (Wildman–Crippen LogP) is 4.48. The number of halogens is 2. The van der Waals surface area contributed by atoms with Crippen LogP contribution in [0.3, 0.4) is 0 Å². The molecule has 3 aromatic rings. The fraction of sp³-hybridized carbons (Fsp3) is 0.0526. The van der Waals surface area contributed by atoms with Crippen LogP contribution in [0.25, 0.3) is 0 Å². The van der Waals surface area contributed by atoms with Crippen LogP contribution in [-0.2, 0) is 9.53 Å². The highest BCUT2D eigenvalue weighted by Crippen LogP contribution is 2.22. The number of nitrogens with one attached hydrogen (secondary N) is 1. The summed E-state index contributed by atoms with van der Waals surface area (Å²) < 4.78 is 5.04. The van der Waals surface area contributed by atoms with Crippen molar-refractivity contribution in [1.29, 1.82) is 0 Å². The number of ketones is 1. The highest BCUT2D eigenvalue weighted by Gasteiger charge is 2.20. The Balaban J connectivity index is 1.67. The second kappa shape index (κ2) is 8.97. The average Bonchev–Trinajstić information content (AvgIpc) is 3.22. The Labute approximate surface area is 174 Å². The lowest BCUT2D eigenvalue weighted by Crippen LogP contribution is -2.22. The first kappa shape index (κ1) is 20.0. The Kier molecular flexibility index (Phi) is 6.41. The van der Waals surface area contributed by atoms with Crippen LogP contribution < -0.4 is 5.32 Å². The van der Waals surface area contributed by atoms with Crippen LogP contribution in [0.5, 0.6) is 0 Å². The minimum atomic E-state index is -0.786. The number of aromatic nitrogens is 1. The standard InChI is InChI=1S/C19H12Cl2N2O4S/c20-11-8-14(21)18(22-9-11)23-16(24)10-27-19(26)13-5-2-1-4-12(13)17(25)15-6-3-7-28-15/h1-9H,10H2,(H,22,23,24). The van der Waals surface area contributed by atoms with Gasteiger partial charge in [-0.15, -0.1) is 11.3 Å². The van der Waals surface area contributed by atoms with Crippen LogP contribution in [0.2, 0.25) is 10.0 Å². The molecule has 0 fully saturated rings. The molecule has 0 atom stereocenters. The Hall–Kier alpha value is -2.74. The average molecular weight is 435 g/mol. The number of nitrogens with zero attached hydrogens (tertiary/aromatic N) is 1. The van der Waals surface area contributed by atoms with Gasteiger partial charge in [-0.25, -0.2) is 9.78 Å². The second-order valence-corrected chi connectivity index (χ2v) is 7.25. The summed E-state index contributed by atoms with van der Waals surface area (Å²) in [4.78, 5) is 41.4. The predicted molar refractivity (Wildman–Crippen MR) is 107 cm³/mol. The largest absolute Gasteiger partial charge is 0.452 e. The molecule has 0 spiro atoms. The van der Waals surface area contributed by atoms with E-state index in [1.807, 2.05) is 0 Å². The molecule has 0 saturated heterocycles. The Morgan fingerprint density at radius 3 is 2.50 bits per heavy atom. The third-order valence-corrected chi connectivity index (χ3v) is 4.90. The maximum Gasteiger partial charge on any atom is 0.339 e. The van der Waals surface area contributed by atoms with Gasteiger partial charge < -0.3 is 10.1 Å². The lowest BCUT2D eigenvalue weighted by molar-refractivity contribution is -0.119. The number of hydrogen-bond donors (Lipinski definition) is 1. The molecule has 0 radical (unpaired) electrons. The number of rotatable bonds is 6. The molecule has 6 nitrogen and oxygen atoms in total. The van der Waals surface area contributed by atoms with E-state index in [-0.39, 0.29) is 27.8 Å². The molecule has 1 amide bonds. The first-order chi connectivity index (χ1) is 13.5. The van der Waals surface area contributed by atoms with Crippen molar-refractivity contribution in [3.05, 3.63) is 80.1 Å². The van der Waals surface area contributed by atoms with E-state index in [1.165, 1.54) is 35.7 Å². The van der Waals surface area contributed by atoms with Crippen molar-refractivity contribution in [3.8, 4) is 0 Å². The Morgan fingerprint density at radius 1 is 1.07 bits per heavy atom. The molecule has 28 heavy (non-hydrogen) atoms. The highest BCUT2D eigenvalue weighted by atomic mass is 35.5. The minimum absolute atomic E-state index is 0.0800. The van der Waals surface area contributed by atoms with Crippen LogP contribution in [-0.4, -0.2) is 29.3 Å². The van der Waals surface area contributed by atoms with Gasteiger partial charge in [0.15, 0.2) is 12.4 Å². The van der Waals surface area contributed by atoms with E-state index in [0.29, 0.717) is 9.90 Å². The molecule has 1 aromatic carbocycles. The van der Waals surface area contributed by atoms with Crippen LogP contribution >= 0.6 is 34.5 Å². The molecule has 0 aliphatic heterocycles. The van der Waals surface area contributed by atoms with Crippen molar-refractivity contribution in [3.63, 3.8) is 0 Å². The fourth-order valence-corrected chi connectivity index (χ4v) is 3.39. The van der Waals surface area contributed by atoms with Crippen LogP contribution in [0.4, 0.5) is 5.82 Å². The second-order valence-electron chi connectivity index (χ2n) is 5.46. The molecule has 9 heteroatoms. The smallest absolute Gasteiger partial charge is 0.339 e. The number of esters is 1. The van der Waals surface area contributed by atoms with Gasteiger partial charge in [0.1, 0.15) is 0 Å². The number of carbonyl (C=O) groups is 3. The molecular weight excluding hydrogens is 423 g/mol. The summed E-state index contributed by atoms with van der Waals surface area (Å²) in [5, 5.41) is 4.67. The number of hydrogen-bond acceptors (Lipinski definition) is 6. The summed E-state index contributed by atoms with van der Waals surface area (Å²) in [5.41, 5.74) is 0.286.